The van der Waals surface area contributed by atoms with Crippen molar-refractivity contribution in [1.29, 1.82) is 0 Å². The number of alkyl halides is 12. The highest BCUT2D eigenvalue weighted by Gasteiger charge is 2.73. The summed E-state index contributed by atoms with van der Waals surface area (Å²) in [6.45, 7) is 1.16. The summed E-state index contributed by atoms with van der Waals surface area (Å²) < 4.78 is 164. The molecule has 0 amide bonds. The fourth-order valence-corrected chi connectivity index (χ4v) is 3.35. The van der Waals surface area contributed by atoms with Crippen LogP contribution >= 0.6 is 0 Å². The molecule has 15 heteroatoms. The number of nitrogens with two attached hydrogens (primary N) is 1. The van der Waals surface area contributed by atoms with Crippen LogP contribution in [0.5, 0.6) is 5.75 Å². The number of halogens is 12. The molecule has 0 fully saturated rings. The maximum absolute atomic E-state index is 14.2. The Morgan fingerprint density at radius 3 is 1.46 bits per heavy atom. The van der Waals surface area contributed by atoms with E-state index >= 15 is 0 Å². The summed E-state index contributed by atoms with van der Waals surface area (Å²) in [4.78, 5) is 0. The van der Waals surface area contributed by atoms with Gasteiger partial charge in [0.25, 0.3) is 0 Å². The van der Waals surface area contributed by atoms with Gasteiger partial charge in [0.15, 0.2) is 5.75 Å². The molecule has 0 aliphatic heterocycles. The number of benzene rings is 2. The Balaban J connectivity index is 0.00000298. The van der Waals surface area contributed by atoms with Gasteiger partial charge in [0.1, 0.15) is 0 Å². The van der Waals surface area contributed by atoms with Crippen LogP contribution in [-0.4, -0.2) is 29.7 Å². The minimum absolute atomic E-state index is 0.187. The van der Waals surface area contributed by atoms with E-state index in [0.717, 1.165) is 14.0 Å². The first kappa shape index (κ1) is 30.2. The van der Waals surface area contributed by atoms with Crippen LogP contribution in [0.2, 0.25) is 0 Å². The quantitative estimate of drug-likeness (QED) is 0.238. The van der Waals surface area contributed by atoms with Crippen LogP contribution in [0.3, 0.4) is 0 Å². The number of phenolic OH excluding ortho intramolecular Hbond substituents is 1. The van der Waals surface area contributed by atoms with Gasteiger partial charge in [-0.05, 0) is 47.4 Å². The summed E-state index contributed by atoms with van der Waals surface area (Å²) >= 11 is 0. The number of hydrogen-bond acceptors (Lipinski definition) is 3. The standard InChI is InChI=1S/C19H13F12NO.CH4O/c1-2-8-3-9(5-11(4-8)16(20,21)22)15(18(26,27)28,19(29,30)31)10-6-12(17(23,24)25)14(33)13(32)7-10;1-2/h3-7,33H,2,32H2,1H3;2H,1H3. The predicted molar refractivity (Wildman–Crippen MR) is 99.4 cm³/mol. The molecule has 0 saturated heterocycles. The number of hydrogen-bond donors (Lipinski definition) is 3. The number of nitrogen functional groups attached to an aromatic ring is 1. The zero-order valence-electron chi connectivity index (χ0n) is 17.6. The van der Waals surface area contributed by atoms with Gasteiger partial charge in [0.05, 0.1) is 16.8 Å². The highest BCUT2D eigenvalue weighted by molar-refractivity contribution is 5.62. The van der Waals surface area contributed by atoms with Crippen molar-refractivity contribution in [1.82, 2.24) is 0 Å². The lowest BCUT2D eigenvalue weighted by molar-refractivity contribution is -0.288. The lowest BCUT2D eigenvalue weighted by Crippen LogP contribution is -2.55. The molecule has 2 aromatic carbocycles. The van der Waals surface area contributed by atoms with Gasteiger partial charge in [-0.25, -0.2) is 0 Å². The third-order valence-corrected chi connectivity index (χ3v) is 4.89. The van der Waals surface area contributed by atoms with E-state index in [2.05, 4.69) is 0 Å². The fourth-order valence-electron chi connectivity index (χ4n) is 3.35. The van der Waals surface area contributed by atoms with Crippen molar-refractivity contribution in [2.75, 3.05) is 12.8 Å². The van der Waals surface area contributed by atoms with E-state index in [1.165, 1.54) is 0 Å². The number of aliphatic hydroxyl groups excluding tert-OH is 1. The second-order valence-electron chi connectivity index (χ2n) is 6.97. The maximum Gasteiger partial charge on any atom is 0.420 e. The average molecular weight is 531 g/mol. The molecule has 0 aliphatic carbocycles. The summed E-state index contributed by atoms with van der Waals surface area (Å²) in [6, 6.07) is -0.730. The van der Waals surface area contributed by atoms with E-state index in [1.54, 1.807) is 0 Å². The van der Waals surface area contributed by atoms with E-state index in [1.807, 2.05) is 0 Å². The number of anilines is 1. The molecule has 0 aliphatic rings. The third-order valence-electron chi connectivity index (χ3n) is 4.89. The second-order valence-corrected chi connectivity index (χ2v) is 6.97. The number of aliphatic hydroxyl groups is 1. The zero-order chi connectivity index (χ0) is 27.8. The molecule has 3 nitrogen and oxygen atoms in total. The van der Waals surface area contributed by atoms with E-state index in [9.17, 15) is 57.8 Å². The molecule has 2 aromatic rings. The first-order valence-corrected chi connectivity index (χ1v) is 9.17. The van der Waals surface area contributed by atoms with Crippen molar-refractivity contribution in [3.05, 3.63) is 58.1 Å². The van der Waals surface area contributed by atoms with Crippen LogP contribution < -0.4 is 5.73 Å². The summed E-state index contributed by atoms with van der Waals surface area (Å²) in [5.41, 5.74) is -10.7. The van der Waals surface area contributed by atoms with Crippen molar-refractivity contribution in [2.24, 2.45) is 0 Å². The molecule has 35 heavy (non-hydrogen) atoms. The topological polar surface area (TPSA) is 66.5 Å². The smallest absolute Gasteiger partial charge is 0.420 e. The van der Waals surface area contributed by atoms with Crippen LogP contribution in [0.25, 0.3) is 0 Å². The van der Waals surface area contributed by atoms with Crippen molar-refractivity contribution in [3.8, 4) is 5.75 Å². The number of phenols is 1. The van der Waals surface area contributed by atoms with Gasteiger partial charge in [-0.15, -0.1) is 0 Å². The summed E-state index contributed by atoms with van der Waals surface area (Å²) in [7, 11) is 1.00. The van der Waals surface area contributed by atoms with Crippen LogP contribution in [-0.2, 0) is 24.2 Å². The SMILES string of the molecule is CCc1cc(C(F)(F)F)cc(C(c2cc(N)c(O)c(C(F)(F)F)c2)(C(F)(F)F)C(F)(F)F)c1.CO. The number of aryl methyl sites for hydroxylation is 1. The van der Waals surface area contributed by atoms with Crippen molar-refractivity contribution in [3.63, 3.8) is 0 Å². The normalized spacial score (nSPS) is 13.3. The molecule has 0 aromatic heterocycles. The first-order valence-electron chi connectivity index (χ1n) is 9.17. The second kappa shape index (κ2) is 9.66. The van der Waals surface area contributed by atoms with Crippen LogP contribution in [0.1, 0.15) is 34.7 Å². The van der Waals surface area contributed by atoms with Gasteiger partial charge in [0.2, 0.25) is 5.41 Å². The lowest BCUT2D eigenvalue weighted by Gasteiger charge is -2.39. The minimum atomic E-state index is -6.48. The largest absolute Gasteiger partial charge is 0.505 e. The molecule has 0 heterocycles. The summed E-state index contributed by atoms with van der Waals surface area (Å²) in [5.74, 6) is -1.83. The van der Waals surface area contributed by atoms with Crippen molar-refractivity contribution in [2.45, 2.75) is 43.5 Å². The highest BCUT2D eigenvalue weighted by Crippen LogP contribution is 2.58. The summed E-state index contributed by atoms with van der Waals surface area (Å²) in [6.07, 6.45) is -24.4. The van der Waals surface area contributed by atoms with E-state index in [0.29, 0.717) is 6.07 Å². The maximum atomic E-state index is 14.2. The highest BCUT2D eigenvalue weighted by atomic mass is 19.4. The lowest BCUT2D eigenvalue weighted by atomic mass is 9.71. The zero-order valence-corrected chi connectivity index (χ0v) is 17.6. The Labute approximate surface area is 189 Å². The van der Waals surface area contributed by atoms with Crippen LogP contribution in [0, 0.1) is 0 Å². The molecular formula is C20H17F12NO2. The molecule has 0 unspecified atom stereocenters. The predicted octanol–water partition coefficient (Wildman–Crippen LogP) is 6.59. The Hall–Kier alpha value is -2.84. The Morgan fingerprint density at radius 1 is 0.657 bits per heavy atom. The molecule has 0 spiro atoms. The van der Waals surface area contributed by atoms with Gasteiger partial charge >= 0.3 is 24.7 Å². The molecule has 198 valence electrons. The Morgan fingerprint density at radius 2 is 1.09 bits per heavy atom. The molecule has 4 N–H and O–H groups in total. The number of aromatic hydroxyl groups is 1. The molecular weight excluding hydrogens is 514 g/mol. The van der Waals surface area contributed by atoms with Gasteiger partial charge in [-0.2, -0.15) is 52.7 Å². The molecule has 0 radical (unpaired) electrons. The summed E-state index contributed by atoms with van der Waals surface area (Å²) in [5, 5.41) is 16.5. The van der Waals surface area contributed by atoms with Crippen molar-refractivity contribution >= 4 is 5.69 Å². The molecule has 0 bridgehead atoms. The van der Waals surface area contributed by atoms with Crippen LogP contribution in [0.4, 0.5) is 58.4 Å². The van der Waals surface area contributed by atoms with Gasteiger partial charge in [-0.3, -0.25) is 0 Å². The van der Waals surface area contributed by atoms with E-state index < -0.39 is 87.9 Å². The van der Waals surface area contributed by atoms with E-state index in [-0.39, 0.29) is 12.1 Å². The van der Waals surface area contributed by atoms with Crippen LogP contribution in [0.15, 0.2) is 30.3 Å². The van der Waals surface area contributed by atoms with Gasteiger partial charge < -0.3 is 15.9 Å². The molecule has 2 rings (SSSR count). The number of rotatable bonds is 3. The Kier molecular flexibility index (Phi) is 8.34. The Bertz CT molecular complexity index is 1020. The first-order chi connectivity index (χ1) is 15.7. The third kappa shape index (κ3) is 5.54. The average Bonchev–Trinajstić information content (AvgIpc) is 2.68. The van der Waals surface area contributed by atoms with Gasteiger partial charge in [-0.1, -0.05) is 13.0 Å². The van der Waals surface area contributed by atoms with Gasteiger partial charge in [0, 0.05) is 7.11 Å². The molecule has 0 saturated carbocycles. The fraction of sp³-hybridized carbons (Fsp3) is 0.400. The van der Waals surface area contributed by atoms with Crippen molar-refractivity contribution < 1.29 is 62.9 Å². The monoisotopic (exact) mass is 531 g/mol. The van der Waals surface area contributed by atoms with E-state index in [4.69, 9.17) is 10.8 Å². The minimum Gasteiger partial charge on any atom is -0.505 e. The molecule has 0 atom stereocenters.